The summed E-state index contributed by atoms with van der Waals surface area (Å²) in [4.78, 5) is 65.8. The molecular formula is C42H41N7O7S. The second-order valence-electron chi connectivity index (χ2n) is 12.8. The number of nitrogens with zero attached hydrogens (tertiary/aromatic N) is 7. The van der Waals surface area contributed by atoms with Crippen LogP contribution >= 0.6 is 11.3 Å². The summed E-state index contributed by atoms with van der Waals surface area (Å²) in [5.41, 5.74) is 5.72. The van der Waals surface area contributed by atoms with Gasteiger partial charge in [-0.1, -0.05) is 6.07 Å². The zero-order chi connectivity index (χ0) is 40.1. The molecule has 6 aromatic rings. The molecule has 0 N–H and O–H groups in total. The maximum atomic E-state index is 12.4. The first-order valence-corrected chi connectivity index (χ1v) is 18.7. The number of hydrogen-bond acceptors (Lipinski definition) is 15. The van der Waals surface area contributed by atoms with Crippen molar-refractivity contribution < 1.29 is 33.3 Å². The number of thiazole rings is 1. The summed E-state index contributed by atoms with van der Waals surface area (Å²) in [6.45, 7) is 2.55. The van der Waals surface area contributed by atoms with E-state index in [1.165, 1.54) is 21.3 Å². The SMILES string of the molecule is COC(=O)c1ccnc(CN(CCN(Cc2cc(C(=O)OC)ccn2)Cc2cccc(-c3ncc(-c4ccc(OC)cc4)s3)n2)Cc2cc(C(=O)OC)ccn2)c1. The van der Waals surface area contributed by atoms with E-state index < -0.39 is 17.9 Å². The Labute approximate surface area is 334 Å². The third kappa shape index (κ3) is 10.9. The quantitative estimate of drug-likeness (QED) is 0.0768. The second-order valence-corrected chi connectivity index (χ2v) is 13.8. The average Bonchev–Trinajstić information content (AvgIpc) is 3.76. The van der Waals surface area contributed by atoms with Crippen LogP contribution in [0.5, 0.6) is 5.75 Å². The van der Waals surface area contributed by atoms with E-state index in [-0.39, 0.29) is 0 Å². The monoisotopic (exact) mass is 787 g/mol. The van der Waals surface area contributed by atoms with Gasteiger partial charge in [0.15, 0.2) is 0 Å². The van der Waals surface area contributed by atoms with E-state index in [0.29, 0.717) is 73.0 Å². The number of carbonyl (C=O) groups excluding carboxylic acids is 3. The van der Waals surface area contributed by atoms with Gasteiger partial charge >= 0.3 is 17.9 Å². The van der Waals surface area contributed by atoms with Gasteiger partial charge in [-0.05, 0) is 78.4 Å². The number of hydrogen-bond donors (Lipinski definition) is 0. The Hall–Kier alpha value is -6.42. The fourth-order valence-corrected chi connectivity index (χ4v) is 6.92. The molecule has 0 spiro atoms. The van der Waals surface area contributed by atoms with Crippen molar-refractivity contribution in [3.63, 3.8) is 0 Å². The van der Waals surface area contributed by atoms with Crippen LogP contribution in [0.2, 0.25) is 0 Å². The van der Waals surface area contributed by atoms with Crippen LogP contribution in [0.3, 0.4) is 0 Å². The first kappa shape index (κ1) is 40.2. The van der Waals surface area contributed by atoms with Crippen molar-refractivity contribution in [1.29, 1.82) is 0 Å². The molecule has 0 amide bonds. The Balaban J connectivity index is 1.27. The number of rotatable bonds is 17. The summed E-state index contributed by atoms with van der Waals surface area (Å²) in [5.74, 6) is -0.594. The molecular weight excluding hydrogens is 747 g/mol. The van der Waals surface area contributed by atoms with Crippen molar-refractivity contribution in [3.8, 4) is 26.9 Å². The molecule has 0 unspecified atom stereocenters. The average molecular weight is 788 g/mol. The third-order valence-electron chi connectivity index (χ3n) is 8.89. The highest BCUT2D eigenvalue weighted by Gasteiger charge is 2.18. The lowest BCUT2D eigenvalue weighted by Gasteiger charge is -2.27. The van der Waals surface area contributed by atoms with Gasteiger partial charge in [0.25, 0.3) is 0 Å². The summed E-state index contributed by atoms with van der Waals surface area (Å²) in [7, 11) is 5.65. The Morgan fingerprint density at radius 3 is 1.51 bits per heavy atom. The van der Waals surface area contributed by atoms with Gasteiger partial charge in [-0.25, -0.2) is 24.4 Å². The van der Waals surface area contributed by atoms with Crippen LogP contribution in [-0.2, 0) is 40.4 Å². The summed E-state index contributed by atoms with van der Waals surface area (Å²) < 4.78 is 20.1. The van der Waals surface area contributed by atoms with Crippen LogP contribution in [0.4, 0.5) is 0 Å². The van der Waals surface area contributed by atoms with Crippen LogP contribution in [0.1, 0.15) is 53.8 Å². The summed E-state index contributed by atoms with van der Waals surface area (Å²) >= 11 is 1.56. The predicted molar refractivity (Wildman–Crippen MR) is 212 cm³/mol. The molecule has 0 radical (unpaired) electrons. The van der Waals surface area contributed by atoms with Gasteiger partial charge in [0.05, 0.1) is 78.5 Å². The molecule has 0 aliphatic rings. The first-order valence-electron chi connectivity index (χ1n) is 17.9. The summed E-state index contributed by atoms with van der Waals surface area (Å²) in [6, 6.07) is 23.7. The van der Waals surface area contributed by atoms with Gasteiger partial charge in [0, 0.05) is 64.1 Å². The van der Waals surface area contributed by atoms with Crippen molar-refractivity contribution in [2.24, 2.45) is 0 Å². The highest BCUT2D eigenvalue weighted by atomic mass is 32.1. The Bertz CT molecular complexity index is 2260. The molecule has 0 saturated heterocycles. The maximum absolute atomic E-state index is 12.4. The number of pyridine rings is 4. The van der Waals surface area contributed by atoms with Gasteiger partial charge in [0.2, 0.25) is 0 Å². The van der Waals surface area contributed by atoms with Crippen LogP contribution in [0, 0.1) is 0 Å². The number of aromatic nitrogens is 5. The molecule has 5 heterocycles. The van der Waals surface area contributed by atoms with E-state index in [0.717, 1.165) is 32.6 Å². The third-order valence-corrected chi connectivity index (χ3v) is 9.96. The van der Waals surface area contributed by atoms with Crippen LogP contribution in [0.25, 0.3) is 21.1 Å². The van der Waals surface area contributed by atoms with E-state index in [9.17, 15) is 14.4 Å². The molecule has 0 bridgehead atoms. The Kier molecular flexibility index (Phi) is 13.7. The maximum Gasteiger partial charge on any atom is 0.337 e. The highest BCUT2D eigenvalue weighted by molar-refractivity contribution is 7.18. The van der Waals surface area contributed by atoms with Crippen molar-refractivity contribution in [2.45, 2.75) is 26.2 Å². The summed E-state index contributed by atoms with van der Waals surface area (Å²) in [5, 5.41) is 0.788. The highest BCUT2D eigenvalue weighted by Crippen LogP contribution is 2.32. The fraction of sp³-hybridized carbons (Fsp3) is 0.238. The number of carbonyl (C=O) groups is 3. The van der Waals surface area contributed by atoms with Gasteiger partial charge in [-0.2, -0.15) is 0 Å². The zero-order valence-corrected chi connectivity index (χ0v) is 32.8. The molecule has 14 nitrogen and oxygen atoms in total. The molecule has 0 fully saturated rings. The lowest BCUT2D eigenvalue weighted by Crippen LogP contribution is -2.35. The molecule has 0 aliphatic carbocycles. The largest absolute Gasteiger partial charge is 0.497 e. The molecule has 292 valence electrons. The molecule has 57 heavy (non-hydrogen) atoms. The van der Waals surface area contributed by atoms with Gasteiger partial charge < -0.3 is 18.9 Å². The fourth-order valence-electron chi connectivity index (χ4n) is 6.02. The lowest BCUT2D eigenvalue weighted by molar-refractivity contribution is 0.0591. The summed E-state index contributed by atoms with van der Waals surface area (Å²) in [6.07, 6.45) is 6.59. The van der Waals surface area contributed by atoms with Crippen molar-refractivity contribution >= 4 is 29.2 Å². The van der Waals surface area contributed by atoms with Gasteiger partial charge in [-0.15, -0.1) is 11.3 Å². The molecule has 6 rings (SSSR count). The van der Waals surface area contributed by atoms with Crippen molar-refractivity contribution in [3.05, 3.63) is 143 Å². The van der Waals surface area contributed by atoms with E-state index in [1.807, 2.05) is 48.7 Å². The molecule has 0 atom stereocenters. The van der Waals surface area contributed by atoms with E-state index >= 15 is 0 Å². The standard InChI is InChI=1S/C42H41N7O7S/c1-53-36-10-8-28(9-11-36)38-23-46-39(57-38)37-7-5-6-32(47-37)24-48(25-33-20-29(12-15-43-33)40(50)54-2)18-19-49(26-34-21-30(13-16-44-34)41(51)55-3)27-35-22-31(14-17-45-35)42(52)56-4/h5-17,20-23H,18-19,24-27H2,1-4H3. The zero-order valence-electron chi connectivity index (χ0n) is 32.0. The predicted octanol–water partition coefficient (Wildman–Crippen LogP) is 6.13. The molecule has 15 heteroatoms. The number of ether oxygens (including phenoxy) is 4. The normalized spacial score (nSPS) is 11.1. The van der Waals surface area contributed by atoms with Crippen molar-refractivity contribution in [2.75, 3.05) is 41.5 Å². The Morgan fingerprint density at radius 1 is 0.579 bits per heavy atom. The number of benzene rings is 1. The molecule has 0 saturated carbocycles. The van der Waals surface area contributed by atoms with Crippen LogP contribution in [-0.4, -0.2) is 94.2 Å². The van der Waals surface area contributed by atoms with E-state index in [4.69, 9.17) is 28.9 Å². The smallest absolute Gasteiger partial charge is 0.337 e. The second kappa shape index (κ2) is 19.4. The minimum atomic E-state index is -0.463. The van der Waals surface area contributed by atoms with Gasteiger partial charge in [0.1, 0.15) is 10.8 Å². The minimum absolute atomic E-state index is 0.354. The van der Waals surface area contributed by atoms with Gasteiger partial charge in [-0.3, -0.25) is 24.8 Å². The molecule has 5 aromatic heterocycles. The van der Waals surface area contributed by atoms with E-state index in [1.54, 1.807) is 73.4 Å². The van der Waals surface area contributed by atoms with E-state index in [2.05, 4.69) is 24.8 Å². The minimum Gasteiger partial charge on any atom is -0.497 e. The molecule has 1 aromatic carbocycles. The first-order chi connectivity index (χ1) is 27.7. The van der Waals surface area contributed by atoms with Crippen molar-refractivity contribution in [1.82, 2.24) is 34.7 Å². The number of methoxy groups -OCH3 is 4. The molecule has 0 aliphatic heterocycles. The lowest BCUT2D eigenvalue weighted by atomic mass is 10.2. The Morgan fingerprint density at radius 2 is 1.05 bits per heavy atom. The van der Waals surface area contributed by atoms with Crippen LogP contribution in [0.15, 0.2) is 104 Å². The topological polar surface area (TPSA) is 159 Å². The number of esters is 3. The van der Waals surface area contributed by atoms with Crippen LogP contribution < -0.4 is 4.74 Å².